The minimum absolute atomic E-state index is 0.103. The standard InChI is InChI=1S/C11H7ClF5IO3/c1-20-9(19)5-2-6(12)7(18)3-8(5)21-4-10(13,14)11(15,16)17/h2-3H,4H2,1H3. The summed E-state index contributed by atoms with van der Waals surface area (Å²) in [6, 6.07) is 2.14. The highest BCUT2D eigenvalue weighted by atomic mass is 127. The van der Waals surface area contributed by atoms with Gasteiger partial charge >= 0.3 is 18.1 Å². The van der Waals surface area contributed by atoms with Gasteiger partial charge in [-0.2, -0.15) is 22.0 Å². The van der Waals surface area contributed by atoms with Gasteiger partial charge in [0.05, 0.1) is 12.1 Å². The molecule has 0 spiro atoms. The Morgan fingerprint density at radius 2 is 1.86 bits per heavy atom. The Balaban J connectivity index is 3.08. The highest BCUT2D eigenvalue weighted by molar-refractivity contribution is 14.1. The highest BCUT2D eigenvalue weighted by Crippen LogP contribution is 2.37. The zero-order chi connectivity index (χ0) is 16.4. The summed E-state index contributed by atoms with van der Waals surface area (Å²) in [6.45, 7) is -1.96. The van der Waals surface area contributed by atoms with Gasteiger partial charge < -0.3 is 9.47 Å². The molecule has 0 aromatic heterocycles. The van der Waals surface area contributed by atoms with Crippen LogP contribution in [0.3, 0.4) is 0 Å². The maximum atomic E-state index is 12.8. The normalized spacial score (nSPS) is 12.2. The van der Waals surface area contributed by atoms with E-state index < -0.39 is 30.4 Å². The smallest absolute Gasteiger partial charge is 0.456 e. The quantitative estimate of drug-likeness (QED) is 0.395. The lowest BCUT2D eigenvalue weighted by Gasteiger charge is -2.20. The molecule has 3 nitrogen and oxygen atoms in total. The Kier molecular flexibility index (Phi) is 5.64. The Labute approximate surface area is 134 Å². The predicted molar refractivity (Wildman–Crippen MR) is 72.0 cm³/mol. The minimum atomic E-state index is -5.75. The Morgan fingerprint density at radius 1 is 1.29 bits per heavy atom. The number of benzene rings is 1. The van der Waals surface area contributed by atoms with E-state index in [1.54, 1.807) is 22.6 Å². The fraction of sp³-hybridized carbons (Fsp3) is 0.364. The third-order valence-electron chi connectivity index (χ3n) is 2.25. The molecule has 0 N–H and O–H groups in total. The van der Waals surface area contributed by atoms with Crippen LogP contribution >= 0.6 is 34.2 Å². The first-order valence-corrected chi connectivity index (χ1v) is 6.60. The molecular weight excluding hydrogens is 437 g/mol. The van der Waals surface area contributed by atoms with Crippen LogP contribution in [0.4, 0.5) is 22.0 Å². The molecule has 118 valence electrons. The van der Waals surface area contributed by atoms with E-state index in [4.69, 9.17) is 11.6 Å². The number of carbonyl (C=O) groups is 1. The lowest BCUT2D eigenvalue weighted by molar-refractivity contribution is -0.290. The molecule has 0 saturated carbocycles. The van der Waals surface area contributed by atoms with Crippen molar-refractivity contribution in [2.75, 3.05) is 13.7 Å². The van der Waals surface area contributed by atoms with Crippen molar-refractivity contribution >= 4 is 40.2 Å². The van der Waals surface area contributed by atoms with E-state index in [1.165, 1.54) is 0 Å². The molecule has 1 rings (SSSR count). The van der Waals surface area contributed by atoms with Crippen LogP contribution in [-0.2, 0) is 4.74 Å². The van der Waals surface area contributed by atoms with Crippen molar-refractivity contribution < 1.29 is 36.2 Å². The number of rotatable bonds is 4. The van der Waals surface area contributed by atoms with Crippen LogP contribution in [0.1, 0.15) is 10.4 Å². The third kappa shape index (κ3) is 4.31. The topological polar surface area (TPSA) is 35.5 Å². The molecule has 0 aliphatic heterocycles. The van der Waals surface area contributed by atoms with Crippen LogP contribution in [0, 0.1) is 3.57 Å². The van der Waals surface area contributed by atoms with Crippen molar-refractivity contribution in [2.24, 2.45) is 0 Å². The summed E-state index contributed by atoms with van der Waals surface area (Å²) in [5, 5.41) is 0.103. The molecule has 1 aromatic carbocycles. The molecule has 0 aliphatic rings. The van der Waals surface area contributed by atoms with E-state index in [-0.39, 0.29) is 10.6 Å². The maximum Gasteiger partial charge on any atom is 0.456 e. The number of alkyl halides is 5. The fourth-order valence-electron chi connectivity index (χ4n) is 1.17. The number of hydrogen-bond donors (Lipinski definition) is 0. The summed E-state index contributed by atoms with van der Waals surface area (Å²) in [5.74, 6) is -6.50. The Bertz CT molecular complexity index is 547. The summed E-state index contributed by atoms with van der Waals surface area (Å²) >= 11 is 7.46. The summed E-state index contributed by atoms with van der Waals surface area (Å²) in [5.41, 5.74) is -0.346. The van der Waals surface area contributed by atoms with E-state index in [9.17, 15) is 26.7 Å². The van der Waals surface area contributed by atoms with Crippen LogP contribution in [0.2, 0.25) is 5.02 Å². The van der Waals surface area contributed by atoms with Crippen molar-refractivity contribution in [3.8, 4) is 5.75 Å². The molecule has 0 fully saturated rings. The van der Waals surface area contributed by atoms with Gasteiger partial charge in [-0.25, -0.2) is 4.79 Å². The largest absolute Gasteiger partial charge is 0.486 e. The van der Waals surface area contributed by atoms with E-state index >= 15 is 0 Å². The molecule has 0 saturated heterocycles. The van der Waals surface area contributed by atoms with E-state index in [2.05, 4.69) is 9.47 Å². The molecular formula is C11H7ClF5IO3. The molecule has 0 radical (unpaired) electrons. The number of ether oxygens (including phenoxy) is 2. The maximum absolute atomic E-state index is 12.8. The molecule has 0 unspecified atom stereocenters. The SMILES string of the molecule is COC(=O)c1cc(Cl)c(I)cc1OCC(F)(F)C(F)(F)F. The van der Waals surface area contributed by atoms with Crippen molar-refractivity contribution in [3.05, 3.63) is 26.3 Å². The lowest BCUT2D eigenvalue weighted by Crippen LogP contribution is -2.41. The summed E-state index contributed by atoms with van der Waals surface area (Å²) < 4.78 is 71.0. The molecule has 0 bridgehead atoms. The summed E-state index contributed by atoms with van der Waals surface area (Å²) in [4.78, 5) is 11.4. The van der Waals surface area contributed by atoms with Gasteiger partial charge in [0.1, 0.15) is 11.3 Å². The van der Waals surface area contributed by atoms with Gasteiger partial charge in [0.25, 0.3) is 0 Å². The van der Waals surface area contributed by atoms with Crippen LogP contribution in [0.25, 0.3) is 0 Å². The van der Waals surface area contributed by atoms with Crippen molar-refractivity contribution in [1.82, 2.24) is 0 Å². The van der Waals surface area contributed by atoms with Crippen LogP contribution in [0.5, 0.6) is 5.75 Å². The molecule has 10 heteroatoms. The number of halogens is 7. The minimum Gasteiger partial charge on any atom is -0.486 e. The van der Waals surface area contributed by atoms with E-state index in [0.717, 1.165) is 19.2 Å². The summed E-state index contributed by atoms with van der Waals surface area (Å²) in [6.07, 6.45) is -5.75. The average molecular weight is 445 g/mol. The van der Waals surface area contributed by atoms with Gasteiger partial charge in [0.15, 0.2) is 6.61 Å². The first kappa shape index (κ1) is 18.2. The number of carbonyl (C=O) groups excluding carboxylic acids is 1. The van der Waals surface area contributed by atoms with Gasteiger partial charge in [0, 0.05) is 3.57 Å². The zero-order valence-corrected chi connectivity index (χ0v) is 13.1. The van der Waals surface area contributed by atoms with Gasteiger partial charge in [-0.3, -0.25) is 0 Å². The van der Waals surface area contributed by atoms with Crippen molar-refractivity contribution in [2.45, 2.75) is 12.1 Å². The zero-order valence-electron chi connectivity index (χ0n) is 10.2. The highest BCUT2D eigenvalue weighted by Gasteiger charge is 2.58. The van der Waals surface area contributed by atoms with Gasteiger partial charge in [-0.1, -0.05) is 11.6 Å². The third-order valence-corrected chi connectivity index (χ3v) is 3.78. The molecule has 0 atom stereocenters. The van der Waals surface area contributed by atoms with Crippen molar-refractivity contribution in [3.63, 3.8) is 0 Å². The number of hydrogen-bond acceptors (Lipinski definition) is 3. The van der Waals surface area contributed by atoms with Crippen LogP contribution in [0.15, 0.2) is 12.1 Å². The number of methoxy groups -OCH3 is 1. The second kappa shape index (κ2) is 6.51. The predicted octanol–water partition coefficient (Wildman–Crippen LogP) is 4.31. The Morgan fingerprint density at radius 3 is 2.33 bits per heavy atom. The second-order valence-corrected chi connectivity index (χ2v) is 5.31. The monoisotopic (exact) mass is 444 g/mol. The number of esters is 1. The van der Waals surface area contributed by atoms with E-state index in [1.807, 2.05) is 0 Å². The molecule has 0 aliphatic carbocycles. The molecule has 0 amide bonds. The summed E-state index contributed by atoms with van der Waals surface area (Å²) in [7, 11) is 1.02. The molecule has 0 heterocycles. The van der Waals surface area contributed by atoms with Crippen LogP contribution < -0.4 is 4.74 Å². The first-order valence-electron chi connectivity index (χ1n) is 5.14. The molecule has 21 heavy (non-hydrogen) atoms. The average Bonchev–Trinajstić information content (AvgIpc) is 2.37. The fourth-order valence-corrected chi connectivity index (χ4v) is 1.77. The van der Waals surface area contributed by atoms with Crippen molar-refractivity contribution in [1.29, 1.82) is 0 Å². The lowest BCUT2D eigenvalue weighted by atomic mass is 10.2. The van der Waals surface area contributed by atoms with Crippen LogP contribution in [-0.4, -0.2) is 31.8 Å². The molecule has 1 aromatic rings. The van der Waals surface area contributed by atoms with E-state index in [0.29, 0.717) is 3.57 Å². The van der Waals surface area contributed by atoms with Gasteiger partial charge in [-0.15, -0.1) is 0 Å². The van der Waals surface area contributed by atoms with Gasteiger partial charge in [-0.05, 0) is 34.7 Å². The second-order valence-electron chi connectivity index (χ2n) is 3.74. The van der Waals surface area contributed by atoms with Gasteiger partial charge in [0.2, 0.25) is 0 Å². The first-order chi connectivity index (χ1) is 9.49. The Hall–Kier alpha value is -0.840.